The second-order valence-corrected chi connectivity index (χ2v) is 9.17. The van der Waals surface area contributed by atoms with E-state index in [9.17, 15) is 0 Å². The van der Waals surface area contributed by atoms with Crippen molar-refractivity contribution in [3.63, 3.8) is 0 Å². The van der Waals surface area contributed by atoms with Crippen LogP contribution in [0.25, 0.3) is 0 Å². The fraction of sp³-hybridized carbons (Fsp3) is 0.345. The molecule has 1 aliphatic rings. The molecule has 0 radical (unpaired) electrons. The van der Waals surface area contributed by atoms with Gasteiger partial charge >= 0.3 is 0 Å². The van der Waals surface area contributed by atoms with E-state index < -0.39 is 5.60 Å². The van der Waals surface area contributed by atoms with Gasteiger partial charge in [0.2, 0.25) is 0 Å². The zero-order chi connectivity index (χ0) is 24.5. The average molecular weight is 457 g/mol. The molecule has 5 nitrogen and oxygen atoms in total. The first-order valence-corrected chi connectivity index (χ1v) is 12.0. The van der Waals surface area contributed by atoms with Crippen LogP contribution in [0.5, 0.6) is 0 Å². The highest BCUT2D eigenvalue weighted by molar-refractivity contribution is 5.84. The van der Waals surface area contributed by atoms with Gasteiger partial charge in [-0.05, 0) is 50.2 Å². The third-order valence-corrected chi connectivity index (χ3v) is 6.65. The zero-order valence-corrected chi connectivity index (χ0v) is 21.5. The SMILES string of the molecule is CCN(CC)c1ccc2c(c1)N=C(C)OC2(c1ccc(N(C)C)cc1)c1ccc(N(C)C)cc1. The number of rotatable bonds is 7. The zero-order valence-electron chi connectivity index (χ0n) is 21.5. The summed E-state index contributed by atoms with van der Waals surface area (Å²) >= 11 is 0. The molecule has 3 aromatic carbocycles. The molecular weight excluding hydrogens is 420 g/mol. The van der Waals surface area contributed by atoms with Crippen molar-refractivity contribution in [3.05, 3.63) is 83.4 Å². The molecule has 5 heteroatoms. The van der Waals surface area contributed by atoms with Crippen LogP contribution in [0.3, 0.4) is 0 Å². The molecule has 1 heterocycles. The van der Waals surface area contributed by atoms with Gasteiger partial charge in [0.15, 0.2) is 11.5 Å². The van der Waals surface area contributed by atoms with Crippen LogP contribution in [0.15, 0.2) is 71.7 Å². The fourth-order valence-corrected chi connectivity index (χ4v) is 4.75. The summed E-state index contributed by atoms with van der Waals surface area (Å²) < 4.78 is 6.74. The largest absolute Gasteiger partial charge is 0.460 e. The number of fused-ring (bicyclic) bond motifs is 1. The normalized spacial score (nSPS) is 14.0. The lowest BCUT2D eigenvalue weighted by molar-refractivity contribution is 0.135. The van der Waals surface area contributed by atoms with Crippen LogP contribution in [0.1, 0.15) is 37.5 Å². The Morgan fingerprint density at radius 2 is 1.18 bits per heavy atom. The number of aliphatic imine (C=N–C) groups is 1. The molecule has 0 spiro atoms. The summed E-state index contributed by atoms with van der Waals surface area (Å²) in [5.41, 5.74) is 6.90. The van der Waals surface area contributed by atoms with E-state index in [-0.39, 0.29) is 0 Å². The Kier molecular flexibility index (Phi) is 6.56. The van der Waals surface area contributed by atoms with E-state index in [0.29, 0.717) is 5.90 Å². The van der Waals surface area contributed by atoms with Crippen LogP contribution in [0.2, 0.25) is 0 Å². The predicted octanol–water partition coefficient (Wildman–Crippen LogP) is 6.04. The van der Waals surface area contributed by atoms with Crippen LogP contribution in [0.4, 0.5) is 22.7 Å². The Labute approximate surface area is 204 Å². The summed E-state index contributed by atoms with van der Waals surface area (Å²) in [6.07, 6.45) is 0. The monoisotopic (exact) mass is 456 g/mol. The van der Waals surface area contributed by atoms with Crippen molar-refractivity contribution in [3.8, 4) is 0 Å². The van der Waals surface area contributed by atoms with Crippen molar-refractivity contribution in [2.24, 2.45) is 4.99 Å². The summed E-state index contributed by atoms with van der Waals surface area (Å²) in [6.45, 7) is 8.23. The van der Waals surface area contributed by atoms with Crippen LogP contribution in [-0.4, -0.2) is 47.2 Å². The van der Waals surface area contributed by atoms with Crippen molar-refractivity contribution >= 4 is 28.6 Å². The fourth-order valence-electron chi connectivity index (χ4n) is 4.75. The number of nitrogens with zero attached hydrogens (tertiary/aromatic N) is 4. The molecule has 0 amide bonds. The van der Waals surface area contributed by atoms with Crippen LogP contribution >= 0.6 is 0 Å². The lowest BCUT2D eigenvalue weighted by Gasteiger charge is -2.40. The Morgan fingerprint density at radius 3 is 1.62 bits per heavy atom. The molecule has 3 aromatic rings. The molecule has 0 saturated heterocycles. The molecule has 0 fully saturated rings. The van der Waals surface area contributed by atoms with Crippen LogP contribution in [-0.2, 0) is 10.3 Å². The van der Waals surface area contributed by atoms with Gasteiger partial charge in [0.25, 0.3) is 0 Å². The van der Waals surface area contributed by atoms with Crippen molar-refractivity contribution in [2.75, 3.05) is 56.0 Å². The maximum Gasteiger partial charge on any atom is 0.188 e. The Bertz CT molecular complexity index is 1110. The van der Waals surface area contributed by atoms with Crippen molar-refractivity contribution in [2.45, 2.75) is 26.4 Å². The molecule has 1 aliphatic heterocycles. The first kappa shape index (κ1) is 23.7. The summed E-state index contributed by atoms with van der Waals surface area (Å²) in [4.78, 5) is 11.4. The first-order valence-electron chi connectivity index (χ1n) is 12.0. The predicted molar refractivity (Wildman–Crippen MR) is 145 cm³/mol. The van der Waals surface area contributed by atoms with E-state index in [4.69, 9.17) is 9.73 Å². The van der Waals surface area contributed by atoms with Gasteiger partial charge in [-0.25, -0.2) is 4.99 Å². The number of benzene rings is 3. The number of hydrogen-bond donors (Lipinski definition) is 0. The Morgan fingerprint density at radius 1 is 0.706 bits per heavy atom. The van der Waals surface area contributed by atoms with Gasteiger partial charge in [0.05, 0.1) is 5.69 Å². The molecular formula is C29H36N4O. The number of ether oxygens (including phenoxy) is 1. The molecule has 0 atom stereocenters. The molecule has 0 saturated carbocycles. The van der Waals surface area contributed by atoms with E-state index in [1.165, 1.54) is 5.69 Å². The van der Waals surface area contributed by atoms with Crippen LogP contribution in [0, 0.1) is 0 Å². The van der Waals surface area contributed by atoms with E-state index in [1.54, 1.807) is 0 Å². The second kappa shape index (κ2) is 9.41. The minimum atomic E-state index is -0.779. The molecule has 4 rings (SSSR count). The van der Waals surface area contributed by atoms with E-state index in [1.807, 2.05) is 6.92 Å². The van der Waals surface area contributed by atoms with Crippen LogP contribution < -0.4 is 14.7 Å². The molecule has 0 N–H and O–H groups in total. The molecule has 178 valence electrons. The lowest BCUT2D eigenvalue weighted by atomic mass is 9.78. The molecule has 0 bridgehead atoms. The smallest absolute Gasteiger partial charge is 0.188 e. The van der Waals surface area contributed by atoms with Gasteiger partial charge < -0.3 is 19.4 Å². The Balaban J connectivity index is 1.96. The molecule has 0 aromatic heterocycles. The van der Waals surface area contributed by atoms with Gasteiger partial charge in [-0.15, -0.1) is 0 Å². The van der Waals surface area contributed by atoms with E-state index in [2.05, 4.69) is 123 Å². The lowest BCUT2D eigenvalue weighted by Crippen LogP contribution is -2.37. The number of hydrogen-bond acceptors (Lipinski definition) is 5. The van der Waals surface area contributed by atoms with Gasteiger partial charge in [0.1, 0.15) is 0 Å². The van der Waals surface area contributed by atoms with Crippen molar-refractivity contribution in [1.82, 2.24) is 0 Å². The van der Waals surface area contributed by atoms with E-state index >= 15 is 0 Å². The number of anilines is 3. The van der Waals surface area contributed by atoms with Crippen molar-refractivity contribution < 1.29 is 4.74 Å². The minimum Gasteiger partial charge on any atom is -0.460 e. The van der Waals surface area contributed by atoms with Crippen molar-refractivity contribution in [1.29, 1.82) is 0 Å². The van der Waals surface area contributed by atoms with Gasteiger partial charge in [-0.1, -0.05) is 30.3 Å². The average Bonchev–Trinajstić information content (AvgIpc) is 2.84. The summed E-state index contributed by atoms with van der Waals surface area (Å²) in [5, 5.41) is 0. The van der Waals surface area contributed by atoms with Gasteiger partial charge in [-0.3, -0.25) is 0 Å². The summed E-state index contributed by atoms with van der Waals surface area (Å²) in [5.74, 6) is 0.664. The van der Waals surface area contributed by atoms with Gasteiger partial charge in [0, 0.05) is 82.0 Å². The highest BCUT2D eigenvalue weighted by Gasteiger charge is 2.43. The highest BCUT2D eigenvalue weighted by atomic mass is 16.5. The Hall–Kier alpha value is -3.47. The van der Waals surface area contributed by atoms with Gasteiger partial charge in [-0.2, -0.15) is 0 Å². The second-order valence-electron chi connectivity index (χ2n) is 9.17. The third-order valence-electron chi connectivity index (χ3n) is 6.65. The summed E-state index contributed by atoms with van der Waals surface area (Å²) in [6, 6.07) is 23.9. The standard InChI is InChI=1S/C29H36N4O/c1-8-33(9-2)26-18-19-27-28(20-26)30-21(3)34-29(27,22-10-14-24(15-11-22)31(4)5)23-12-16-25(17-13-23)32(6)7/h10-20H,8-9H2,1-7H3. The van der Waals surface area contributed by atoms with E-state index in [0.717, 1.165) is 46.8 Å². The maximum absolute atomic E-state index is 6.74. The maximum atomic E-state index is 6.74. The highest BCUT2D eigenvalue weighted by Crippen LogP contribution is 2.48. The quantitative estimate of drug-likeness (QED) is 0.434. The molecule has 34 heavy (non-hydrogen) atoms. The first-order chi connectivity index (χ1) is 16.3. The minimum absolute atomic E-state index is 0.664. The molecule has 0 aliphatic carbocycles. The third kappa shape index (κ3) is 4.11. The molecule has 0 unspecified atom stereocenters. The summed E-state index contributed by atoms with van der Waals surface area (Å²) in [7, 11) is 8.23. The topological polar surface area (TPSA) is 31.3 Å².